The van der Waals surface area contributed by atoms with Gasteiger partial charge in [0.05, 0.1) is 0 Å². The molecule has 1 aromatic heterocycles. The van der Waals surface area contributed by atoms with Crippen molar-refractivity contribution in [3.63, 3.8) is 0 Å². The Morgan fingerprint density at radius 3 is 2.53 bits per heavy atom. The summed E-state index contributed by atoms with van der Waals surface area (Å²) in [5.74, 6) is 0. The predicted octanol–water partition coefficient (Wildman–Crippen LogP) is 1.67. The molecule has 0 bridgehead atoms. The standard InChI is InChI=1S/C12H17N4Se/c1-4-16(5-2)12(17)15-14-10(3)11-8-6-7-9-13-11/h6-9H,4-5H2,1-3H3/b14-10?,15-12-. The average molecular weight is 296 g/mol. The number of amidine groups is 1. The van der Waals surface area contributed by atoms with Crippen molar-refractivity contribution >= 4 is 26.5 Å². The summed E-state index contributed by atoms with van der Waals surface area (Å²) in [6.07, 6.45) is 1.75. The summed E-state index contributed by atoms with van der Waals surface area (Å²) in [6, 6.07) is 5.74. The zero-order valence-electron chi connectivity index (χ0n) is 10.4. The van der Waals surface area contributed by atoms with Crippen LogP contribution in [0.2, 0.25) is 0 Å². The Bertz CT molecular complexity index is 396. The summed E-state index contributed by atoms with van der Waals surface area (Å²) in [4.78, 5) is 6.32. The van der Waals surface area contributed by atoms with Crippen molar-refractivity contribution in [1.82, 2.24) is 9.88 Å². The van der Waals surface area contributed by atoms with Crippen LogP contribution in [0.1, 0.15) is 26.5 Å². The van der Waals surface area contributed by atoms with E-state index in [1.165, 1.54) is 0 Å². The predicted molar refractivity (Wildman–Crippen MR) is 72.6 cm³/mol. The van der Waals surface area contributed by atoms with Crippen LogP contribution in [-0.4, -0.2) is 49.4 Å². The summed E-state index contributed by atoms with van der Waals surface area (Å²) < 4.78 is 0.810. The van der Waals surface area contributed by atoms with Crippen LogP contribution in [-0.2, 0) is 0 Å². The van der Waals surface area contributed by atoms with Gasteiger partial charge in [-0.15, -0.1) is 0 Å². The van der Waals surface area contributed by atoms with Crippen LogP contribution in [0, 0.1) is 0 Å². The molecule has 1 aromatic rings. The van der Waals surface area contributed by atoms with Gasteiger partial charge in [-0.25, -0.2) is 0 Å². The molecule has 0 atom stereocenters. The summed E-state index contributed by atoms with van der Waals surface area (Å²) >= 11 is 2.93. The zero-order valence-corrected chi connectivity index (χ0v) is 12.1. The van der Waals surface area contributed by atoms with Gasteiger partial charge in [-0.05, 0) is 0 Å². The third kappa shape index (κ3) is 4.29. The first-order valence-electron chi connectivity index (χ1n) is 5.64. The molecule has 4 nitrogen and oxygen atoms in total. The van der Waals surface area contributed by atoms with Gasteiger partial charge in [0.25, 0.3) is 0 Å². The molecule has 1 radical (unpaired) electrons. The second-order valence-corrected chi connectivity index (χ2v) is 4.22. The van der Waals surface area contributed by atoms with Gasteiger partial charge in [-0.1, -0.05) is 0 Å². The van der Waals surface area contributed by atoms with E-state index in [2.05, 4.69) is 49.9 Å². The first kappa shape index (κ1) is 13.9. The minimum absolute atomic E-state index is 0.810. The quantitative estimate of drug-likeness (QED) is 0.367. The van der Waals surface area contributed by atoms with Crippen molar-refractivity contribution in [3.05, 3.63) is 30.1 Å². The van der Waals surface area contributed by atoms with Gasteiger partial charge in [0.1, 0.15) is 0 Å². The van der Waals surface area contributed by atoms with Crippen LogP contribution < -0.4 is 0 Å². The van der Waals surface area contributed by atoms with E-state index in [0.717, 1.165) is 29.2 Å². The molecule has 0 saturated heterocycles. The van der Waals surface area contributed by atoms with Crippen LogP contribution in [0.3, 0.4) is 0 Å². The van der Waals surface area contributed by atoms with Crippen molar-refractivity contribution < 1.29 is 0 Å². The fourth-order valence-corrected chi connectivity index (χ4v) is 1.93. The van der Waals surface area contributed by atoms with Gasteiger partial charge in [0.15, 0.2) is 0 Å². The Hall–Kier alpha value is -1.19. The SMILES string of the molecule is CCN(CC)/C([Se])=N/N=C(C)c1ccccn1. The van der Waals surface area contributed by atoms with E-state index >= 15 is 0 Å². The maximum atomic E-state index is 4.22. The third-order valence-corrected chi connectivity index (χ3v) is 3.07. The molecular formula is C12H17N4Se. The summed E-state index contributed by atoms with van der Waals surface area (Å²) in [6.45, 7) is 7.92. The maximum absolute atomic E-state index is 4.22. The summed E-state index contributed by atoms with van der Waals surface area (Å²) in [5.41, 5.74) is 1.66. The number of pyridine rings is 1. The molecule has 0 unspecified atom stereocenters. The molecule has 0 aliphatic rings. The van der Waals surface area contributed by atoms with Crippen molar-refractivity contribution in [2.45, 2.75) is 20.8 Å². The van der Waals surface area contributed by atoms with E-state index in [-0.39, 0.29) is 0 Å². The molecule has 0 saturated carbocycles. The summed E-state index contributed by atoms with van der Waals surface area (Å²) in [7, 11) is 0. The Labute approximate surface area is 111 Å². The van der Waals surface area contributed by atoms with Crippen molar-refractivity contribution in [2.24, 2.45) is 10.2 Å². The third-order valence-electron chi connectivity index (χ3n) is 2.36. The Morgan fingerprint density at radius 1 is 1.29 bits per heavy atom. The van der Waals surface area contributed by atoms with Gasteiger partial charge in [0.2, 0.25) is 0 Å². The first-order valence-corrected chi connectivity index (χ1v) is 6.50. The minimum atomic E-state index is 0.810. The number of aromatic nitrogens is 1. The normalized spacial score (nSPS) is 12.6. The molecule has 0 spiro atoms. The van der Waals surface area contributed by atoms with E-state index in [0.29, 0.717) is 0 Å². The van der Waals surface area contributed by atoms with Crippen molar-refractivity contribution in [3.8, 4) is 0 Å². The van der Waals surface area contributed by atoms with Gasteiger partial charge in [-0.3, -0.25) is 0 Å². The van der Waals surface area contributed by atoms with Gasteiger partial charge in [0, 0.05) is 0 Å². The molecule has 17 heavy (non-hydrogen) atoms. The molecule has 0 fully saturated rings. The zero-order chi connectivity index (χ0) is 12.7. The second kappa shape index (κ2) is 7.20. The van der Waals surface area contributed by atoms with E-state index in [1.807, 2.05) is 25.1 Å². The fourth-order valence-electron chi connectivity index (χ4n) is 1.30. The van der Waals surface area contributed by atoms with Crippen LogP contribution in [0.4, 0.5) is 0 Å². The fraction of sp³-hybridized carbons (Fsp3) is 0.417. The van der Waals surface area contributed by atoms with Crippen LogP contribution in [0.15, 0.2) is 34.6 Å². The molecule has 0 aliphatic carbocycles. The molecule has 0 aromatic carbocycles. The van der Waals surface area contributed by atoms with Gasteiger partial charge >= 0.3 is 110 Å². The molecule has 5 heteroatoms. The second-order valence-electron chi connectivity index (χ2n) is 3.46. The van der Waals surface area contributed by atoms with Crippen LogP contribution in [0.25, 0.3) is 0 Å². The van der Waals surface area contributed by atoms with Gasteiger partial charge in [-0.2, -0.15) is 0 Å². The molecule has 0 amide bonds. The first-order chi connectivity index (χ1) is 8.19. The Kier molecular flexibility index (Phi) is 5.87. The molecule has 91 valence electrons. The number of hydrogen-bond donors (Lipinski definition) is 0. The van der Waals surface area contributed by atoms with E-state index in [1.54, 1.807) is 6.20 Å². The van der Waals surface area contributed by atoms with Gasteiger partial charge < -0.3 is 0 Å². The number of hydrogen-bond acceptors (Lipinski definition) is 3. The van der Waals surface area contributed by atoms with Crippen molar-refractivity contribution in [1.29, 1.82) is 0 Å². The molecule has 1 rings (SSSR count). The number of nitrogens with zero attached hydrogens (tertiary/aromatic N) is 4. The van der Waals surface area contributed by atoms with E-state index < -0.39 is 0 Å². The Morgan fingerprint density at radius 2 is 2.00 bits per heavy atom. The number of rotatable bonds is 4. The summed E-state index contributed by atoms with van der Waals surface area (Å²) in [5, 5.41) is 8.36. The van der Waals surface area contributed by atoms with Crippen molar-refractivity contribution in [2.75, 3.05) is 13.1 Å². The van der Waals surface area contributed by atoms with Crippen LogP contribution >= 0.6 is 0 Å². The average Bonchev–Trinajstić information content (AvgIpc) is 2.38. The molecular weight excluding hydrogens is 279 g/mol. The van der Waals surface area contributed by atoms with E-state index in [4.69, 9.17) is 0 Å². The Balaban J connectivity index is 2.80. The molecule has 0 N–H and O–H groups in total. The topological polar surface area (TPSA) is 40.9 Å². The van der Waals surface area contributed by atoms with E-state index in [9.17, 15) is 0 Å². The monoisotopic (exact) mass is 297 g/mol. The molecule has 1 heterocycles. The molecule has 0 aliphatic heterocycles. The van der Waals surface area contributed by atoms with Crippen LogP contribution in [0.5, 0.6) is 0 Å².